The maximum atomic E-state index is 9.07. The molecule has 54 valence electrons. The number of methoxy groups -OCH3 is 1. The predicted molar refractivity (Wildman–Crippen MR) is 28.3 cm³/mol. The summed E-state index contributed by atoms with van der Waals surface area (Å²) < 4.78 is 9.13. The first-order valence-corrected chi connectivity index (χ1v) is 2.80. The molecule has 0 aromatic heterocycles. The second-order valence-corrected chi connectivity index (χ2v) is 2.03. The quantitative estimate of drug-likeness (QED) is 0.470. The minimum atomic E-state index is -1.54. The van der Waals surface area contributed by atoms with E-state index in [0.717, 1.165) is 0 Å². The standard InChI is InChI=1S/C5H10O4/c1-8-5(7)3-2-4(6)9-5/h4,6-7H,2-3H2,1H3. The molecule has 0 radical (unpaired) electrons. The van der Waals surface area contributed by atoms with Gasteiger partial charge in [-0.2, -0.15) is 0 Å². The van der Waals surface area contributed by atoms with Crippen LogP contribution >= 0.6 is 0 Å². The zero-order chi connectivity index (χ0) is 6.91. The van der Waals surface area contributed by atoms with Crippen molar-refractivity contribution in [2.75, 3.05) is 7.11 Å². The molecule has 0 spiro atoms. The molecular weight excluding hydrogens is 124 g/mol. The molecule has 1 heterocycles. The summed E-state index contributed by atoms with van der Waals surface area (Å²) in [7, 11) is 1.33. The molecular formula is C5H10O4. The van der Waals surface area contributed by atoms with Crippen molar-refractivity contribution in [3.05, 3.63) is 0 Å². The minimum Gasteiger partial charge on any atom is -0.368 e. The lowest BCUT2D eigenvalue weighted by Crippen LogP contribution is -2.30. The zero-order valence-corrected chi connectivity index (χ0v) is 5.20. The van der Waals surface area contributed by atoms with E-state index in [1.165, 1.54) is 7.11 Å². The summed E-state index contributed by atoms with van der Waals surface area (Å²) in [6.45, 7) is 0. The van der Waals surface area contributed by atoms with E-state index in [1.807, 2.05) is 0 Å². The number of rotatable bonds is 1. The van der Waals surface area contributed by atoms with Crippen molar-refractivity contribution < 1.29 is 19.7 Å². The Hall–Kier alpha value is -0.160. The van der Waals surface area contributed by atoms with E-state index in [4.69, 9.17) is 10.2 Å². The monoisotopic (exact) mass is 134 g/mol. The Kier molecular flexibility index (Phi) is 1.72. The molecule has 1 rings (SSSR count). The minimum absolute atomic E-state index is 0.324. The normalized spacial score (nSPS) is 43.7. The lowest BCUT2D eigenvalue weighted by atomic mass is 10.3. The molecule has 0 aromatic carbocycles. The largest absolute Gasteiger partial charge is 0.368 e. The predicted octanol–water partition coefficient (Wildman–Crippen LogP) is -0.592. The maximum absolute atomic E-state index is 9.07. The van der Waals surface area contributed by atoms with E-state index >= 15 is 0 Å². The van der Waals surface area contributed by atoms with Crippen molar-refractivity contribution in [3.63, 3.8) is 0 Å². The molecule has 2 N–H and O–H groups in total. The van der Waals surface area contributed by atoms with Gasteiger partial charge in [-0.05, 0) is 0 Å². The zero-order valence-electron chi connectivity index (χ0n) is 5.20. The Morgan fingerprint density at radius 2 is 2.44 bits per heavy atom. The fourth-order valence-electron chi connectivity index (χ4n) is 0.786. The van der Waals surface area contributed by atoms with Crippen LogP contribution in [0, 0.1) is 0 Å². The van der Waals surface area contributed by atoms with Gasteiger partial charge in [-0.1, -0.05) is 0 Å². The van der Waals surface area contributed by atoms with Gasteiger partial charge >= 0.3 is 0 Å². The van der Waals surface area contributed by atoms with Crippen molar-refractivity contribution >= 4 is 0 Å². The van der Waals surface area contributed by atoms with Gasteiger partial charge in [0, 0.05) is 20.0 Å². The summed E-state index contributed by atoms with van der Waals surface area (Å²) in [6.07, 6.45) is -0.135. The third-order valence-electron chi connectivity index (χ3n) is 1.35. The molecule has 2 atom stereocenters. The molecule has 0 bridgehead atoms. The van der Waals surface area contributed by atoms with Gasteiger partial charge in [0.05, 0.1) is 0 Å². The summed E-state index contributed by atoms with van der Waals surface area (Å²) in [4.78, 5) is 0. The molecule has 4 heteroatoms. The van der Waals surface area contributed by atoms with Crippen LogP contribution in [-0.2, 0) is 9.47 Å². The third-order valence-corrected chi connectivity index (χ3v) is 1.35. The number of ether oxygens (including phenoxy) is 2. The van der Waals surface area contributed by atoms with Crippen LogP contribution in [0.15, 0.2) is 0 Å². The maximum Gasteiger partial charge on any atom is 0.282 e. The highest BCUT2D eigenvalue weighted by molar-refractivity contribution is 4.64. The topological polar surface area (TPSA) is 58.9 Å². The Morgan fingerprint density at radius 1 is 1.78 bits per heavy atom. The molecule has 1 aliphatic heterocycles. The molecule has 9 heavy (non-hydrogen) atoms. The third kappa shape index (κ3) is 1.40. The molecule has 1 saturated heterocycles. The van der Waals surface area contributed by atoms with Crippen LogP contribution in [0.3, 0.4) is 0 Å². The van der Waals surface area contributed by atoms with Gasteiger partial charge in [-0.25, -0.2) is 0 Å². The number of hydrogen-bond acceptors (Lipinski definition) is 4. The summed E-state index contributed by atoms with van der Waals surface area (Å²) in [5.74, 6) is -1.54. The van der Waals surface area contributed by atoms with Crippen molar-refractivity contribution in [3.8, 4) is 0 Å². The molecule has 0 amide bonds. The lowest BCUT2D eigenvalue weighted by Gasteiger charge is -2.18. The van der Waals surface area contributed by atoms with E-state index in [1.54, 1.807) is 0 Å². The Bertz CT molecular complexity index is 105. The van der Waals surface area contributed by atoms with Crippen molar-refractivity contribution in [1.82, 2.24) is 0 Å². The van der Waals surface area contributed by atoms with Gasteiger partial charge < -0.3 is 14.9 Å². The van der Waals surface area contributed by atoms with Gasteiger partial charge in [0.2, 0.25) is 0 Å². The summed E-state index contributed by atoms with van der Waals surface area (Å²) in [6, 6.07) is 0. The second-order valence-electron chi connectivity index (χ2n) is 2.03. The average molecular weight is 134 g/mol. The highest BCUT2D eigenvalue weighted by atomic mass is 16.8. The highest BCUT2D eigenvalue weighted by Gasteiger charge is 2.37. The summed E-state index contributed by atoms with van der Waals surface area (Å²) in [5.41, 5.74) is 0. The van der Waals surface area contributed by atoms with Gasteiger partial charge in [0.1, 0.15) is 0 Å². The number of aliphatic hydroxyl groups excluding tert-OH is 1. The summed E-state index contributed by atoms with van der Waals surface area (Å²) in [5, 5.41) is 17.8. The van der Waals surface area contributed by atoms with Crippen LogP contribution in [0.1, 0.15) is 12.8 Å². The van der Waals surface area contributed by atoms with Gasteiger partial charge in [-0.3, -0.25) is 4.74 Å². The first-order chi connectivity index (χ1) is 4.16. The highest BCUT2D eigenvalue weighted by Crippen LogP contribution is 2.26. The fraction of sp³-hybridized carbons (Fsp3) is 1.00. The molecule has 0 aromatic rings. The lowest BCUT2D eigenvalue weighted by molar-refractivity contribution is -0.358. The van der Waals surface area contributed by atoms with E-state index in [2.05, 4.69) is 9.47 Å². The molecule has 1 aliphatic rings. The van der Waals surface area contributed by atoms with Crippen molar-refractivity contribution in [2.45, 2.75) is 25.1 Å². The Labute approximate surface area is 53.0 Å². The Morgan fingerprint density at radius 3 is 2.67 bits per heavy atom. The van der Waals surface area contributed by atoms with E-state index < -0.39 is 12.3 Å². The molecule has 0 saturated carbocycles. The van der Waals surface area contributed by atoms with Gasteiger partial charge in [0.15, 0.2) is 6.29 Å². The molecule has 0 aliphatic carbocycles. The van der Waals surface area contributed by atoms with Crippen LogP contribution < -0.4 is 0 Å². The first-order valence-electron chi connectivity index (χ1n) is 2.80. The Balaban J connectivity index is 2.45. The molecule has 4 nitrogen and oxygen atoms in total. The second kappa shape index (κ2) is 2.22. The molecule has 1 fully saturated rings. The molecule has 2 unspecified atom stereocenters. The van der Waals surface area contributed by atoms with Gasteiger partial charge in [0.25, 0.3) is 5.97 Å². The van der Waals surface area contributed by atoms with Crippen LogP contribution in [0.25, 0.3) is 0 Å². The SMILES string of the molecule is COC1(O)CCC(O)O1. The van der Waals surface area contributed by atoms with Crippen molar-refractivity contribution in [1.29, 1.82) is 0 Å². The smallest absolute Gasteiger partial charge is 0.282 e. The van der Waals surface area contributed by atoms with Crippen LogP contribution in [0.5, 0.6) is 0 Å². The van der Waals surface area contributed by atoms with Crippen LogP contribution in [0.4, 0.5) is 0 Å². The van der Waals surface area contributed by atoms with E-state index in [-0.39, 0.29) is 0 Å². The van der Waals surface area contributed by atoms with Crippen LogP contribution in [0.2, 0.25) is 0 Å². The van der Waals surface area contributed by atoms with Gasteiger partial charge in [-0.15, -0.1) is 0 Å². The van der Waals surface area contributed by atoms with E-state index in [9.17, 15) is 0 Å². The fourth-order valence-corrected chi connectivity index (χ4v) is 0.786. The van der Waals surface area contributed by atoms with Crippen molar-refractivity contribution in [2.24, 2.45) is 0 Å². The van der Waals surface area contributed by atoms with Crippen LogP contribution in [-0.4, -0.2) is 29.6 Å². The number of hydrogen-bond donors (Lipinski definition) is 2. The first kappa shape index (κ1) is 6.95. The number of aliphatic hydroxyl groups is 2. The summed E-state index contributed by atoms with van der Waals surface area (Å²) >= 11 is 0. The van der Waals surface area contributed by atoms with E-state index in [0.29, 0.717) is 12.8 Å². The average Bonchev–Trinajstić information content (AvgIpc) is 2.13.